The Balaban J connectivity index is 1.22. The maximum Gasteiger partial charge on any atom is 0.423 e. The summed E-state index contributed by atoms with van der Waals surface area (Å²) >= 11 is 0. The van der Waals surface area contributed by atoms with Crippen LogP contribution in [0.2, 0.25) is 0 Å². The third-order valence-electron chi connectivity index (χ3n) is 6.35. The zero-order valence-corrected chi connectivity index (χ0v) is 18.0. The van der Waals surface area contributed by atoms with Gasteiger partial charge in [0.1, 0.15) is 23.1 Å². The molecule has 0 amide bonds. The lowest BCUT2D eigenvalue weighted by Gasteiger charge is -2.29. The summed E-state index contributed by atoms with van der Waals surface area (Å²) in [5.74, 6) is 0.619. The molecule has 0 unspecified atom stereocenters. The number of nitrogens with one attached hydrogen (secondary N) is 1. The van der Waals surface area contributed by atoms with Crippen molar-refractivity contribution in [3.05, 3.63) is 42.2 Å². The van der Waals surface area contributed by atoms with E-state index in [-0.39, 0.29) is 31.1 Å². The van der Waals surface area contributed by atoms with Crippen LogP contribution in [0.1, 0.15) is 43.0 Å². The van der Waals surface area contributed by atoms with Crippen molar-refractivity contribution in [2.24, 2.45) is 0 Å². The second-order valence-electron chi connectivity index (χ2n) is 8.66. The zero-order chi connectivity index (χ0) is 23.3. The molecule has 1 aliphatic heterocycles. The molecule has 6 rings (SSSR count). The maximum atomic E-state index is 13.4. The molecule has 4 aromatic rings. The van der Waals surface area contributed by atoms with Crippen LogP contribution in [0, 0.1) is 0 Å². The molecule has 4 aromatic heterocycles. The summed E-state index contributed by atoms with van der Waals surface area (Å²) in [6.07, 6.45) is 2.68. The highest BCUT2D eigenvalue weighted by Crippen LogP contribution is 2.37. The molecule has 2 atom stereocenters. The average Bonchev–Trinajstić information content (AvgIpc) is 3.42. The van der Waals surface area contributed by atoms with Crippen molar-refractivity contribution in [3.8, 4) is 5.88 Å². The Morgan fingerprint density at radius 3 is 2.82 bits per heavy atom. The molecule has 2 fully saturated rings. The summed E-state index contributed by atoms with van der Waals surface area (Å²) in [6.45, 7) is 0.484. The number of nitrogens with zero attached hydrogens (tertiary/aromatic N) is 5. The predicted molar refractivity (Wildman–Crippen MR) is 114 cm³/mol. The molecule has 0 radical (unpaired) electrons. The second-order valence-corrected chi connectivity index (χ2v) is 8.66. The van der Waals surface area contributed by atoms with Gasteiger partial charge >= 0.3 is 6.18 Å². The fourth-order valence-electron chi connectivity index (χ4n) is 4.59. The summed E-state index contributed by atoms with van der Waals surface area (Å²) < 4.78 is 58.0. The fraction of sp³-hybridized carbons (Fsp3) is 0.455. The number of furan rings is 1. The van der Waals surface area contributed by atoms with E-state index in [0.29, 0.717) is 0 Å². The first-order valence-corrected chi connectivity index (χ1v) is 11.1. The van der Waals surface area contributed by atoms with E-state index in [4.69, 9.17) is 13.9 Å². The number of pyridine rings is 1. The molecule has 9 nitrogen and oxygen atoms in total. The second kappa shape index (κ2) is 8.12. The largest absolute Gasteiger partial charge is 0.469 e. The number of rotatable bonds is 5. The van der Waals surface area contributed by atoms with Crippen molar-refractivity contribution in [2.75, 3.05) is 18.5 Å². The highest BCUT2D eigenvalue weighted by molar-refractivity contribution is 5.90. The van der Waals surface area contributed by atoms with Crippen molar-refractivity contribution >= 4 is 22.6 Å². The average molecular weight is 474 g/mol. The maximum absolute atomic E-state index is 13.4. The normalized spacial score (nSPS) is 21.6. The molecule has 0 bridgehead atoms. The van der Waals surface area contributed by atoms with Crippen LogP contribution in [0.15, 0.2) is 35.2 Å². The minimum Gasteiger partial charge on any atom is -0.469 e. The number of hydrogen-bond acceptors (Lipinski definition) is 8. The van der Waals surface area contributed by atoms with Gasteiger partial charge in [0.15, 0.2) is 5.65 Å². The Kier molecular flexibility index (Phi) is 5.05. The quantitative estimate of drug-likeness (QED) is 0.460. The summed E-state index contributed by atoms with van der Waals surface area (Å²) in [5, 5.41) is 12.9. The molecule has 5 heterocycles. The standard InChI is InChI=1S/C22H21F3N6O3/c23-22(24,25)16-9-26-21(28-20(16)34-14-10-32-11-14)27-13-3-1-2-12(8-13)18-29-30-19-15-5-7-33-17(15)4-6-31(18)19/h4-7,9,12-14H,1-3,8,10-11H2,(H,26,27,28)/t12-,13+/m0/s1. The van der Waals surface area contributed by atoms with Gasteiger partial charge in [-0.3, -0.25) is 4.40 Å². The number of aromatic nitrogens is 5. The van der Waals surface area contributed by atoms with Crippen LogP contribution in [0.3, 0.4) is 0 Å². The van der Waals surface area contributed by atoms with E-state index in [1.807, 2.05) is 22.7 Å². The molecular weight excluding hydrogens is 453 g/mol. The summed E-state index contributed by atoms with van der Waals surface area (Å²) in [7, 11) is 0. The molecule has 0 aromatic carbocycles. The monoisotopic (exact) mass is 474 g/mol. The van der Waals surface area contributed by atoms with Crippen LogP contribution in [0.5, 0.6) is 5.88 Å². The highest BCUT2D eigenvalue weighted by atomic mass is 19.4. The van der Waals surface area contributed by atoms with E-state index < -0.39 is 23.7 Å². The van der Waals surface area contributed by atoms with Gasteiger partial charge in [-0.2, -0.15) is 18.2 Å². The van der Waals surface area contributed by atoms with E-state index in [1.54, 1.807) is 6.26 Å². The van der Waals surface area contributed by atoms with E-state index in [0.717, 1.165) is 54.3 Å². The first-order valence-electron chi connectivity index (χ1n) is 11.1. The van der Waals surface area contributed by atoms with Crippen molar-refractivity contribution in [2.45, 2.75) is 49.9 Å². The highest BCUT2D eigenvalue weighted by Gasteiger charge is 2.38. The first-order chi connectivity index (χ1) is 16.5. The van der Waals surface area contributed by atoms with Gasteiger partial charge in [-0.1, -0.05) is 6.42 Å². The SMILES string of the molecule is FC(F)(F)c1cnc(N[C@@H]2CCC[C@H](c3nnc4c5ccoc5ccn34)C2)nc1OC1COC1. The summed E-state index contributed by atoms with van der Waals surface area (Å²) in [6, 6.07) is 3.73. The van der Waals surface area contributed by atoms with Gasteiger partial charge in [0.05, 0.1) is 24.9 Å². The van der Waals surface area contributed by atoms with Gasteiger partial charge in [-0.05, 0) is 31.4 Å². The number of alkyl halides is 3. The van der Waals surface area contributed by atoms with Gasteiger partial charge in [-0.15, -0.1) is 10.2 Å². The lowest BCUT2D eigenvalue weighted by Crippen LogP contribution is -2.39. The van der Waals surface area contributed by atoms with E-state index in [2.05, 4.69) is 25.5 Å². The Labute approximate surface area is 191 Å². The lowest BCUT2D eigenvalue weighted by atomic mass is 9.85. The van der Waals surface area contributed by atoms with Gasteiger partial charge < -0.3 is 19.2 Å². The molecule has 12 heteroatoms. The minimum atomic E-state index is -4.61. The van der Waals surface area contributed by atoms with Crippen molar-refractivity contribution in [3.63, 3.8) is 0 Å². The lowest BCUT2D eigenvalue weighted by molar-refractivity contribution is -0.142. The van der Waals surface area contributed by atoms with Gasteiger partial charge in [-0.25, -0.2) is 4.98 Å². The number of anilines is 1. The number of fused-ring (bicyclic) bond motifs is 3. The first kappa shape index (κ1) is 21.1. The minimum absolute atomic E-state index is 0.0274. The van der Waals surface area contributed by atoms with Crippen LogP contribution in [-0.4, -0.2) is 49.9 Å². The fourth-order valence-corrected chi connectivity index (χ4v) is 4.59. The molecule has 1 aliphatic carbocycles. The molecule has 1 saturated carbocycles. The predicted octanol–water partition coefficient (Wildman–Crippen LogP) is 4.20. The number of ether oxygens (including phenoxy) is 2. The van der Waals surface area contributed by atoms with Gasteiger partial charge in [0.2, 0.25) is 11.8 Å². The third-order valence-corrected chi connectivity index (χ3v) is 6.35. The van der Waals surface area contributed by atoms with Crippen molar-refractivity contribution in [1.82, 2.24) is 24.6 Å². The van der Waals surface area contributed by atoms with Crippen LogP contribution in [0.25, 0.3) is 16.6 Å². The molecule has 1 saturated heterocycles. The number of halogens is 3. The number of hydrogen-bond donors (Lipinski definition) is 1. The smallest absolute Gasteiger partial charge is 0.423 e. The Bertz CT molecular complexity index is 1330. The topological polar surface area (TPSA) is 99.6 Å². The van der Waals surface area contributed by atoms with Crippen LogP contribution in [-0.2, 0) is 10.9 Å². The van der Waals surface area contributed by atoms with Gasteiger partial charge in [0.25, 0.3) is 0 Å². The van der Waals surface area contributed by atoms with Crippen LogP contribution in [0.4, 0.5) is 19.1 Å². The van der Waals surface area contributed by atoms with Crippen molar-refractivity contribution < 1.29 is 27.1 Å². The van der Waals surface area contributed by atoms with Crippen LogP contribution < -0.4 is 10.1 Å². The Morgan fingerprint density at radius 1 is 1.15 bits per heavy atom. The summed E-state index contributed by atoms with van der Waals surface area (Å²) in [5.41, 5.74) is 0.497. The molecule has 34 heavy (non-hydrogen) atoms. The van der Waals surface area contributed by atoms with E-state index >= 15 is 0 Å². The Morgan fingerprint density at radius 2 is 2.03 bits per heavy atom. The third kappa shape index (κ3) is 3.81. The zero-order valence-electron chi connectivity index (χ0n) is 18.0. The van der Waals surface area contributed by atoms with Crippen molar-refractivity contribution in [1.29, 1.82) is 0 Å². The molecule has 0 spiro atoms. The molecular formula is C22H21F3N6O3. The molecule has 2 aliphatic rings. The molecule has 1 N–H and O–H groups in total. The van der Waals surface area contributed by atoms with E-state index in [9.17, 15) is 13.2 Å². The van der Waals surface area contributed by atoms with E-state index in [1.165, 1.54) is 0 Å². The van der Waals surface area contributed by atoms with Crippen LogP contribution >= 0.6 is 0 Å². The van der Waals surface area contributed by atoms with Gasteiger partial charge in [0, 0.05) is 24.4 Å². The Hall–Kier alpha value is -3.41. The molecule has 178 valence electrons. The summed E-state index contributed by atoms with van der Waals surface area (Å²) in [4.78, 5) is 7.98.